The molecule has 0 fully saturated rings. The van der Waals surface area contributed by atoms with Crippen molar-refractivity contribution in [3.63, 3.8) is 0 Å². The zero-order valence-corrected chi connectivity index (χ0v) is 12.4. The number of nitrogens with one attached hydrogen (secondary N) is 1. The monoisotopic (exact) mass is 299 g/mol. The largest absolute Gasteiger partial charge is 0.492 e. The van der Waals surface area contributed by atoms with Crippen LogP contribution in [0, 0.1) is 0 Å². The van der Waals surface area contributed by atoms with Gasteiger partial charge in [0.1, 0.15) is 0 Å². The normalized spacial score (nSPS) is 10.5. The lowest BCUT2D eigenvalue weighted by Crippen LogP contribution is -2.17. The molecule has 2 rings (SSSR count). The van der Waals surface area contributed by atoms with Gasteiger partial charge < -0.3 is 9.47 Å². The molecular weight excluding hydrogens is 282 g/mol. The molecule has 0 unspecified atom stereocenters. The van der Waals surface area contributed by atoms with Gasteiger partial charge in [-0.2, -0.15) is 5.10 Å². The van der Waals surface area contributed by atoms with Gasteiger partial charge in [0.2, 0.25) is 0 Å². The first-order valence-electron chi connectivity index (χ1n) is 6.79. The lowest BCUT2D eigenvalue weighted by molar-refractivity contribution is 0.0955. The fraction of sp³-hybridized carbons (Fsp3) is 0.188. The summed E-state index contributed by atoms with van der Waals surface area (Å²) in [5.41, 5.74) is 3.59. The average molecular weight is 299 g/mol. The SMILES string of the molecule is CCOc1cccc(/C=N\NC(=O)c2cccnc2)c1OC. The summed E-state index contributed by atoms with van der Waals surface area (Å²) in [6, 6.07) is 8.81. The minimum atomic E-state index is -0.329. The van der Waals surface area contributed by atoms with Crippen LogP contribution >= 0.6 is 0 Å². The molecule has 6 heteroatoms. The number of aromatic nitrogens is 1. The molecule has 0 spiro atoms. The number of hydrazone groups is 1. The van der Waals surface area contributed by atoms with Gasteiger partial charge in [-0.3, -0.25) is 9.78 Å². The van der Waals surface area contributed by atoms with E-state index in [1.165, 1.54) is 12.4 Å². The summed E-state index contributed by atoms with van der Waals surface area (Å²) in [6.07, 6.45) is 4.58. The molecule has 114 valence electrons. The number of pyridine rings is 1. The van der Waals surface area contributed by atoms with E-state index in [-0.39, 0.29) is 5.91 Å². The molecule has 0 atom stereocenters. The molecule has 1 amide bonds. The predicted molar refractivity (Wildman–Crippen MR) is 83.5 cm³/mol. The van der Waals surface area contributed by atoms with Crippen molar-refractivity contribution in [1.29, 1.82) is 0 Å². The summed E-state index contributed by atoms with van der Waals surface area (Å²) in [5.74, 6) is 0.876. The van der Waals surface area contributed by atoms with Crippen LogP contribution in [0.4, 0.5) is 0 Å². The quantitative estimate of drug-likeness (QED) is 0.656. The Morgan fingerprint density at radius 2 is 2.23 bits per heavy atom. The van der Waals surface area contributed by atoms with E-state index in [0.29, 0.717) is 29.2 Å². The number of methoxy groups -OCH3 is 1. The molecule has 0 radical (unpaired) electrons. The smallest absolute Gasteiger partial charge is 0.272 e. The lowest BCUT2D eigenvalue weighted by Gasteiger charge is -2.11. The predicted octanol–water partition coefficient (Wildman–Crippen LogP) is 2.25. The Kier molecular flexibility index (Phi) is 5.48. The number of ether oxygens (including phenoxy) is 2. The molecule has 6 nitrogen and oxygen atoms in total. The Balaban J connectivity index is 2.10. The maximum absolute atomic E-state index is 11.8. The Morgan fingerprint density at radius 3 is 2.91 bits per heavy atom. The summed E-state index contributed by atoms with van der Waals surface area (Å²) in [6.45, 7) is 2.43. The zero-order chi connectivity index (χ0) is 15.8. The number of carbonyl (C=O) groups excluding carboxylic acids is 1. The first-order chi connectivity index (χ1) is 10.8. The van der Waals surface area contributed by atoms with E-state index in [0.717, 1.165) is 0 Å². The Morgan fingerprint density at radius 1 is 1.36 bits per heavy atom. The van der Waals surface area contributed by atoms with Crippen LogP contribution in [0.1, 0.15) is 22.8 Å². The van der Waals surface area contributed by atoms with Gasteiger partial charge in [-0.1, -0.05) is 6.07 Å². The van der Waals surface area contributed by atoms with Crippen LogP contribution in [-0.4, -0.2) is 30.8 Å². The van der Waals surface area contributed by atoms with E-state index in [1.54, 1.807) is 25.4 Å². The summed E-state index contributed by atoms with van der Waals surface area (Å²) in [4.78, 5) is 15.7. The number of amides is 1. The number of hydrogen-bond acceptors (Lipinski definition) is 5. The van der Waals surface area contributed by atoms with Gasteiger partial charge in [-0.25, -0.2) is 5.43 Å². The highest BCUT2D eigenvalue weighted by Gasteiger charge is 2.08. The number of nitrogens with zero attached hydrogens (tertiary/aromatic N) is 2. The van der Waals surface area contributed by atoms with Crippen LogP contribution in [0.3, 0.4) is 0 Å². The van der Waals surface area contributed by atoms with Crippen molar-refractivity contribution in [3.05, 3.63) is 53.9 Å². The van der Waals surface area contributed by atoms with Crippen molar-refractivity contribution < 1.29 is 14.3 Å². The van der Waals surface area contributed by atoms with Crippen molar-refractivity contribution in [2.24, 2.45) is 5.10 Å². The number of para-hydroxylation sites is 1. The second-order valence-electron chi connectivity index (χ2n) is 4.25. The van der Waals surface area contributed by atoms with E-state index in [9.17, 15) is 4.79 Å². The highest BCUT2D eigenvalue weighted by Crippen LogP contribution is 2.29. The van der Waals surface area contributed by atoms with E-state index in [2.05, 4.69) is 15.5 Å². The molecule has 0 aliphatic heterocycles. The van der Waals surface area contributed by atoms with Crippen LogP contribution < -0.4 is 14.9 Å². The van der Waals surface area contributed by atoms with E-state index in [4.69, 9.17) is 9.47 Å². The van der Waals surface area contributed by atoms with E-state index < -0.39 is 0 Å². The topological polar surface area (TPSA) is 72.8 Å². The Hall–Kier alpha value is -2.89. The second-order valence-corrected chi connectivity index (χ2v) is 4.25. The van der Waals surface area contributed by atoms with Crippen LogP contribution in [-0.2, 0) is 0 Å². The van der Waals surface area contributed by atoms with Crippen LogP contribution in [0.25, 0.3) is 0 Å². The first kappa shape index (κ1) is 15.5. The fourth-order valence-electron chi connectivity index (χ4n) is 1.84. The third kappa shape index (κ3) is 3.82. The van der Waals surface area contributed by atoms with E-state index in [1.807, 2.05) is 25.1 Å². The Bertz CT molecular complexity index is 657. The summed E-state index contributed by atoms with van der Waals surface area (Å²) < 4.78 is 10.8. The van der Waals surface area contributed by atoms with Gasteiger partial charge >= 0.3 is 0 Å². The van der Waals surface area contributed by atoms with Crippen LogP contribution in [0.5, 0.6) is 11.5 Å². The molecule has 2 aromatic rings. The number of carbonyl (C=O) groups is 1. The molecule has 0 bridgehead atoms. The summed E-state index contributed by atoms with van der Waals surface area (Å²) in [7, 11) is 1.56. The van der Waals surface area contributed by atoms with Gasteiger partial charge in [0.25, 0.3) is 5.91 Å². The van der Waals surface area contributed by atoms with Crippen LogP contribution in [0.2, 0.25) is 0 Å². The van der Waals surface area contributed by atoms with Crippen molar-refractivity contribution in [2.75, 3.05) is 13.7 Å². The maximum Gasteiger partial charge on any atom is 0.272 e. The molecule has 0 saturated carbocycles. The van der Waals surface area contributed by atoms with Gasteiger partial charge in [0.05, 0.1) is 25.5 Å². The summed E-state index contributed by atoms with van der Waals surface area (Å²) >= 11 is 0. The minimum Gasteiger partial charge on any atom is -0.492 e. The molecule has 1 N–H and O–H groups in total. The van der Waals surface area contributed by atoms with Crippen molar-refractivity contribution in [1.82, 2.24) is 10.4 Å². The van der Waals surface area contributed by atoms with Crippen LogP contribution in [0.15, 0.2) is 47.8 Å². The molecule has 1 heterocycles. The minimum absolute atomic E-state index is 0.329. The molecule has 0 aliphatic rings. The lowest BCUT2D eigenvalue weighted by atomic mass is 10.2. The van der Waals surface area contributed by atoms with Gasteiger partial charge in [-0.05, 0) is 31.2 Å². The second kappa shape index (κ2) is 7.78. The van der Waals surface area contributed by atoms with E-state index >= 15 is 0 Å². The molecule has 0 aliphatic carbocycles. The molecule has 1 aromatic heterocycles. The number of hydrogen-bond donors (Lipinski definition) is 1. The van der Waals surface area contributed by atoms with Crippen molar-refractivity contribution in [2.45, 2.75) is 6.92 Å². The van der Waals surface area contributed by atoms with Crippen molar-refractivity contribution in [3.8, 4) is 11.5 Å². The highest BCUT2D eigenvalue weighted by atomic mass is 16.5. The summed E-state index contributed by atoms with van der Waals surface area (Å²) in [5, 5.41) is 3.94. The van der Waals surface area contributed by atoms with Gasteiger partial charge in [-0.15, -0.1) is 0 Å². The zero-order valence-electron chi connectivity index (χ0n) is 12.4. The molecule has 1 aromatic carbocycles. The fourth-order valence-corrected chi connectivity index (χ4v) is 1.84. The average Bonchev–Trinajstić information content (AvgIpc) is 2.56. The first-order valence-corrected chi connectivity index (χ1v) is 6.79. The number of benzene rings is 1. The number of rotatable bonds is 6. The maximum atomic E-state index is 11.8. The van der Waals surface area contributed by atoms with Crippen molar-refractivity contribution >= 4 is 12.1 Å². The molecule has 0 saturated heterocycles. The third-order valence-electron chi connectivity index (χ3n) is 2.81. The van der Waals surface area contributed by atoms with Gasteiger partial charge in [0.15, 0.2) is 11.5 Å². The Labute approximate surface area is 128 Å². The third-order valence-corrected chi connectivity index (χ3v) is 2.81. The molecule has 22 heavy (non-hydrogen) atoms. The molecular formula is C16H17N3O3. The van der Waals surface area contributed by atoms with Gasteiger partial charge in [0, 0.05) is 18.0 Å². The standard InChI is InChI=1S/C16H17N3O3/c1-3-22-14-8-4-6-12(15(14)21-2)11-18-19-16(20)13-7-5-9-17-10-13/h4-11H,3H2,1-2H3,(H,19,20)/b18-11-. The highest BCUT2D eigenvalue weighted by molar-refractivity contribution is 5.94.